The highest BCUT2D eigenvalue weighted by molar-refractivity contribution is 6.42. The van der Waals surface area contributed by atoms with Gasteiger partial charge in [0.1, 0.15) is 11.7 Å². The number of likely N-dealkylation sites (N-methyl/N-ethyl adjacent to an activating group) is 1. The molecule has 2 N–H and O–H groups in total. The van der Waals surface area contributed by atoms with Gasteiger partial charge >= 0.3 is 0 Å². The maximum Gasteiger partial charge on any atom is 0.273 e. The van der Waals surface area contributed by atoms with Crippen molar-refractivity contribution in [1.82, 2.24) is 24.9 Å². The fourth-order valence-electron chi connectivity index (χ4n) is 5.61. The van der Waals surface area contributed by atoms with Gasteiger partial charge in [-0.25, -0.2) is 4.68 Å². The average molecular weight is 599 g/mol. The van der Waals surface area contributed by atoms with Crippen LogP contribution in [0.3, 0.4) is 0 Å². The molecule has 2 aliphatic heterocycles. The summed E-state index contributed by atoms with van der Waals surface area (Å²) in [6.45, 7) is 7.59. The van der Waals surface area contributed by atoms with E-state index in [4.69, 9.17) is 28.3 Å². The molecule has 216 valence electrons. The Balaban J connectivity index is 1.52. The Morgan fingerprint density at radius 3 is 2.41 bits per heavy atom. The number of nitrogens with one attached hydrogen (secondary N) is 1. The van der Waals surface area contributed by atoms with Gasteiger partial charge in [0.05, 0.1) is 40.5 Å². The first-order valence-electron chi connectivity index (χ1n) is 13.5. The van der Waals surface area contributed by atoms with Gasteiger partial charge in [0, 0.05) is 30.6 Å². The standard InChI is InChI=1S/C30H33Cl2N5O4/c1-16-12-24-21(14-35(16)28(39)19-8-11-22(31)23(32)13-19)26-29(40)36(15-25(27(38)33-5)37(26)34-24)17(2)18-6-9-20(10-7-18)30(3,4)41/h6-11,13,16-17,25,41H,12,14-15H2,1-5H3,(H,33,38)/t16-,17-,25+/m1/s1. The minimum absolute atomic E-state index is 0.141. The molecule has 3 amide bonds. The zero-order chi connectivity index (χ0) is 29.8. The Labute approximate surface area is 249 Å². The third kappa shape index (κ3) is 5.22. The SMILES string of the molecule is CNC(=O)[C@@H]1CN([C@H](C)c2ccc(C(C)(C)O)cc2)C(=O)c2c3c(nn21)C[C@@H](C)N(C(=O)c1ccc(Cl)c(Cl)c1)C3. The lowest BCUT2D eigenvalue weighted by Gasteiger charge is -2.38. The first-order chi connectivity index (χ1) is 19.3. The molecule has 1 aromatic heterocycles. The van der Waals surface area contributed by atoms with Gasteiger partial charge in [0.25, 0.3) is 11.8 Å². The van der Waals surface area contributed by atoms with E-state index >= 15 is 0 Å². The van der Waals surface area contributed by atoms with Crippen LogP contribution in [0.4, 0.5) is 0 Å². The number of nitrogens with zero attached hydrogens (tertiary/aromatic N) is 4. The number of rotatable bonds is 5. The summed E-state index contributed by atoms with van der Waals surface area (Å²) in [5, 5.41) is 18.4. The Kier molecular flexibility index (Phi) is 7.65. The van der Waals surface area contributed by atoms with Crippen molar-refractivity contribution in [3.63, 3.8) is 0 Å². The first kappa shape index (κ1) is 29.1. The number of fused-ring (bicyclic) bond motifs is 3. The summed E-state index contributed by atoms with van der Waals surface area (Å²) in [6.07, 6.45) is 0.435. The molecule has 11 heteroatoms. The van der Waals surface area contributed by atoms with Crippen molar-refractivity contribution in [3.05, 3.63) is 86.2 Å². The van der Waals surface area contributed by atoms with Crippen LogP contribution in [0.25, 0.3) is 0 Å². The molecule has 0 bridgehead atoms. The number of aromatic nitrogens is 2. The number of carbonyl (C=O) groups is 3. The fourth-order valence-corrected chi connectivity index (χ4v) is 5.91. The van der Waals surface area contributed by atoms with Crippen molar-refractivity contribution >= 4 is 40.9 Å². The van der Waals surface area contributed by atoms with Gasteiger partial charge in [0.2, 0.25) is 5.91 Å². The second-order valence-corrected chi connectivity index (χ2v) is 12.1. The summed E-state index contributed by atoms with van der Waals surface area (Å²) < 4.78 is 1.53. The van der Waals surface area contributed by atoms with E-state index in [1.165, 1.54) is 4.68 Å². The Morgan fingerprint density at radius 2 is 1.80 bits per heavy atom. The van der Waals surface area contributed by atoms with Gasteiger partial charge in [-0.05, 0) is 57.0 Å². The number of hydrogen-bond acceptors (Lipinski definition) is 5. The van der Waals surface area contributed by atoms with Crippen LogP contribution in [-0.2, 0) is 23.4 Å². The quantitative estimate of drug-likeness (QED) is 0.450. The van der Waals surface area contributed by atoms with Crippen LogP contribution in [-0.4, -0.2) is 62.0 Å². The van der Waals surface area contributed by atoms with Crippen LogP contribution in [0, 0.1) is 0 Å². The Bertz CT molecular complexity index is 1530. The van der Waals surface area contributed by atoms with E-state index in [-0.39, 0.29) is 47.9 Å². The number of amides is 3. The maximum absolute atomic E-state index is 14.1. The van der Waals surface area contributed by atoms with E-state index in [0.29, 0.717) is 34.0 Å². The van der Waals surface area contributed by atoms with Crippen LogP contribution in [0.5, 0.6) is 0 Å². The maximum atomic E-state index is 14.1. The highest BCUT2D eigenvalue weighted by Gasteiger charge is 2.43. The molecule has 0 radical (unpaired) electrons. The van der Waals surface area contributed by atoms with E-state index < -0.39 is 11.6 Å². The van der Waals surface area contributed by atoms with Crippen molar-refractivity contribution in [2.45, 2.75) is 64.4 Å². The van der Waals surface area contributed by atoms with Crippen LogP contribution in [0.1, 0.15) is 83.0 Å². The number of carbonyl (C=O) groups excluding carboxylic acids is 3. The van der Waals surface area contributed by atoms with Gasteiger partial charge in [-0.1, -0.05) is 47.5 Å². The molecule has 5 rings (SSSR count). The van der Waals surface area contributed by atoms with Crippen molar-refractivity contribution in [2.75, 3.05) is 13.6 Å². The molecule has 3 aromatic rings. The molecule has 9 nitrogen and oxygen atoms in total. The van der Waals surface area contributed by atoms with Crippen molar-refractivity contribution in [3.8, 4) is 0 Å². The number of halogens is 2. The van der Waals surface area contributed by atoms with Crippen molar-refractivity contribution in [1.29, 1.82) is 0 Å². The van der Waals surface area contributed by atoms with Gasteiger partial charge in [-0.15, -0.1) is 0 Å². The molecule has 3 atom stereocenters. The predicted octanol–water partition coefficient (Wildman–Crippen LogP) is 4.51. The van der Waals surface area contributed by atoms with Gasteiger partial charge in [-0.2, -0.15) is 5.10 Å². The summed E-state index contributed by atoms with van der Waals surface area (Å²) in [7, 11) is 1.56. The summed E-state index contributed by atoms with van der Waals surface area (Å²) in [5.41, 5.74) is 2.70. The minimum atomic E-state index is -0.990. The Hall–Kier alpha value is -3.40. The lowest BCUT2D eigenvalue weighted by Crippen LogP contribution is -2.49. The third-order valence-corrected chi connectivity index (χ3v) is 8.85. The molecule has 0 saturated carbocycles. The van der Waals surface area contributed by atoms with E-state index in [1.54, 1.807) is 48.9 Å². The van der Waals surface area contributed by atoms with E-state index in [1.807, 2.05) is 38.1 Å². The van der Waals surface area contributed by atoms with Crippen LogP contribution in [0.15, 0.2) is 42.5 Å². The summed E-state index contributed by atoms with van der Waals surface area (Å²) in [4.78, 5) is 44.1. The Morgan fingerprint density at radius 1 is 1.12 bits per heavy atom. The smallest absolute Gasteiger partial charge is 0.273 e. The number of hydrogen-bond donors (Lipinski definition) is 2. The second kappa shape index (κ2) is 10.8. The van der Waals surface area contributed by atoms with Crippen molar-refractivity contribution < 1.29 is 19.5 Å². The molecule has 0 fully saturated rings. The fraction of sp³-hybridized carbons (Fsp3) is 0.400. The van der Waals surface area contributed by atoms with Gasteiger partial charge < -0.3 is 20.2 Å². The highest BCUT2D eigenvalue weighted by Crippen LogP contribution is 2.36. The largest absolute Gasteiger partial charge is 0.386 e. The predicted molar refractivity (Wildman–Crippen MR) is 156 cm³/mol. The second-order valence-electron chi connectivity index (χ2n) is 11.3. The van der Waals surface area contributed by atoms with Crippen LogP contribution >= 0.6 is 23.2 Å². The molecule has 41 heavy (non-hydrogen) atoms. The molecule has 0 aliphatic carbocycles. The number of aliphatic hydroxyl groups is 1. The molecular formula is C30H33Cl2N5O4. The summed E-state index contributed by atoms with van der Waals surface area (Å²) in [5.74, 6) is -0.746. The normalized spacial score (nSPS) is 19.5. The lowest BCUT2D eigenvalue weighted by molar-refractivity contribution is -0.125. The molecule has 0 spiro atoms. The monoisotopic (exact) mass is 597 g/mol. The van der Waals surface area contributed by atoms with Crippen LogP contribution < -0.4 is 5.32 Å². The molecule has 2 aromatic carbocycles. The zero-order valence-electron chi connectivity index (χ0n) is 23.6. The molecule has 0 unspecified atom stereocenters. The third-order valence-electron chi connectivity index (χ3n) is 8.11. The first-order valence-corrected chi connectivity index (χ1v) is 14.3. The topological polar surface area (TPSA) is 108 Å². The van der Waals surface area contributed by atoms with E-state index in [9.17, 15) is 19.5 Å². The molecule has 0 saturated heterocycles. The lowest BCUT2D eigenvalue weighted by atomic mass is 9.94. The van der Waals surface area contributed by atoms with E-state index in [2.05, 4.69) is 5.32 Å². The summed E-state index contributed by atoms with van der Waals surface area (Å²) >= 11 is 12.2. The van der Waals surface area contributed by atoms with Crippen molar-refractivity contribution in [2.24, 2.45) is 0 Å². The zero-order valence-corrected chi connectivity index (χ0v) is 25.1. The van der Waals surface area contributed by atoms with Gasteiger partial charge in [-0.3, -0.25) is 14.4 Å². The minimum Gasteiger partial charge on any atom is -0.386 e. The number of benzene rings is 2. The van der Waals surface area contributed by atoms with E-state index in [0.717, 1.165) is 11.1 Å². The van der Waals surface area contributed by atoms with Crippen LogP contribution in [0.2, 0.25) is 10.0 Å². The van der Waals surface area contributed by atoms with Gasteiger partial charge in [0.15, 0.2) is 0 Å². The molecular weight excluding hydrogens is 565 g/mol. The average Bonchev–Trinajstić information content (AvgIpc) is 3.31. The highest BCUT2D eigenvalue weighted by atomic mass is 35.5. The summed E-state index contributed by atoms with van der Waals surface area (Å²) in [6, 6.07) is 10.9. The molecule has 2 aliphatic rings. The molecule has 3 heterocycles.